The van der Waals surface area contributed by atoms with Crippen LogP contribution in [0.4, 0.5) is 5.69 Å². The third-order valence-electron chi connectivity index (χ3n) is 3.43. The molecule has 118 valence electrons. The van der Waals surface area contributed by atoms with Gasteiger partial charge in [0.1, 0.15) is 6.04 Å². The number of amides is 2. The Hall–Kier alpha value is -2.37. The zero-order valence-corrected chi connectivity index (χ0v) is 13.4. The molecule has 1 aromatic carbocycles. The Labute approximate surface area is 129 Å². The smallest absolute Gasteiger partial charge is 0.246 e. The molecule has 0 radical (unpaired) electrons. The van der Waals surface area contributed by atoms with Crippen molar-refractivity contribution in [3.8, 4) is 0 Å². The van der Waals surface area contributed by atoms with Crippen molar-refractivity contribution >= 4 is 28.4 Å². The molecule has 0 saturated heterocycles. The number of carbonyl (C=O) groups excluding carboxylic acids is 2. The van der Waals surface area contributed by atoms with Crippen molar-refractivity contribution in [2.24, 2.45) is 5.92 Å². The highest BCUT2D eigenvalue weighted by Gasteiger charge is 2.21. The largest absolute Gasteiger partial charge is 0.345 e. The van der Waals surface area contributed by atoms with E-state index in [1.165, 1.54) is 6.92 Å². The maximum Gasteiger partial charge on any atom is 0.246 e. The zero-order valence-electron chi connectivity index (χ0n) is 13.4. The molecule has 0 aliphatic rings. The van der Waals surface area contributed by atoms with Crippen molar-refractivity contribution in [3.63, 3.8) is 0 Å². The fraction of sp³-hybridized carbons (Fsp3) is 0.438. The van der Waals surface area contributed by atoms with Crippen LogP contribution < -0.4 is 10.6 Å². The molecule has 1 heterocycles. The van der Waals surface area contributed by atoms with Gasteiger partial charge in [0, 0.05) is 18.0 Å². The van der Waals surface area contributed by atoms with Gasteiger partial charge in [-0.15, -0.1) is 0 Å². The fourth-order valence-corrected chi connectivity index (χ4v) is 2.48. The second-order valence-corrected chi connectivity index (χ2v) is 6.00. The SMILES string of the molecule is CC(=O)N[C@@H](CC(C)C)C(=O)Nc1cc(C)c2cn[nH]c2c1. The lowest BCUT2D eigenvalue weighted by Crippen LogP contribution is -2.43. The summed E-state index contributed by atoms with van der Waals surface area (Å²) < 4.78 is 0. The normalized spacial score (nSPS) is 12.4. The van der Waals surface area contributed by atoms with Gasteiger partial charge in [0.2, 0.25) is 11.8 Å². The predicted molar refractivity (Wildman–Crippen MR) is 86.5 cm³/mol. The molecule has 2 aromatic rings. The van der Waals surface area contributed by atoms with Crippen LogP contribution in [0.3, 0.4) is 0 Å². The van der Waals surface area contributed by atoms with Crippen LogP contribution in [0.25, 0.3) is 10.9 Å². The predicted octanol–water partition coefficient (Wildman–Crippen LogP) is 2.36. The number of hydrogen-bond acceptors (Lipinski definition) is 3. The molecule has 22 heavy (non-hydrogen) atoms. The molecular formula is C16H22N4O2. The lowest BCUT2D eigenvalue weighted by atomic mass is 10.0. The minimum Gasteiger partial charge on any atom is -0.345 e. The monoisotopic (exact) mass is 302 g/mol. The van der Waals surface area contributed by atoms with Gasteiger partial charge in [-0.05, 0) is 37.0 Å². The molecule has 0 fully saturated rings. The summed E-state index contributed by atoms with van der Waals surface area (Å²) in [5.74, 6) is -0.109. The number of hydrogen-bond donors (Lipinski definition) is 3. The van der Waals surface area contributed by atoms with Gasteiger partial charge < -0.3 is 10.6 Å². The second-order valence-electron chi connectivity index (χ2n) is 6.00. The quantitative estimate of drug-likeness (QED) is 0.792. The molecule has 6 nitrogen and oxygen atoms in total. The summed E-state index contributed by atoms with van der Waals surface area (Å²) in [5.41, 5.74) is 2.59. The minimum atomic E-state index is -0.532. The summed E-state index contributed by atoms with van der Waals surface area (Å²) in [6.07, 6.45) is 2.35. The molecule has 6 heteroatoms. The van der Waals surface area contributed by atoms with E-state index < -0.39 is 6.04 Å². The van der Waals surface area contributed by atoms with Crippen molar-refractivity contribution in [1.82, 2.24) is 15.5 Å². The summed E-state index contributed by atoms with van der Waals surface area (Å²) >= 11 is 0. The van der Waals surface area contributed by atoms with E-state index in [2.05, 4.69) is 20.8 Å². The van der Waals surface area contributed by atoms with Crippen molar-refractivity contribution < 1.29 is 9.59 Å². The van der Waals surface area contributed by atoms with Gasteiger partial charge in [-0.3, -0.25) is 14.7 Å². The van der Waals surface area contributed by atoms with Crippen LogP contribution >= 0.6 is 0 Å². The number of carbonyl (C=O) groups is 2. The first-order valence-electron chi connectivity index (χ1n) is 7.38. The zero-order chi connectivity index (χ0) is 16.3. The Kier molecular flexibility index (Phi) is 4.80. The molecular weight excluding hydrogens is 280 g/mol. The van der Waals surface area contributed by atoms with E-state index in [9.17, 15) is 9.59 Å². The maximum atomic E-state index is 12.4. The van der Waals surface area contributed by atoms with Crippen molar-refractivity contribution in [2.45, 2.75) is 40.2 Å². The van der Waals surface area contributed by atoms with Crippen LogP contribution in [0.15, 0.2) is 18.3 Å². The van der Waals surface area contributed by atoms with Gasteiger partial charge in [-0.2, -0.15) is 5.10 Å². The molecule has 1 aromatic heterocycles. The number of rotatable bonds is 5. The van der Waals surface area contributed by atoms with Crippen molar-refractivity contribution in [1.29, 1.82) is 0 Å². The minimum absolute atomic E-state index is 0.206. The van der Waals surface area contributed by atoms with Crippen LogP contribution in [-0.2, 0) is 9.59 Å². The van der Waals surface area contributed by atoms with Crippen LogP contribution in [-0.4, -0.2) is 28.1 Å². The molecule has 0 aliphatic carbocycles. The number of nitrogens with one attached hydrogen (secondary N) is 3. The molecule has 1 atom stereocenters. The van der Waals surface area contributed by atoms with E-state index in [4.69, 9.17) is 0 Å². The van der Waals surface area contributed by atoms with E-state index in [0.717, 1.165) is 16.5 Å². The lowest BCUT2D eigenvalue weighted by molar-refractivity contribution is -0.125. The molecule has 0 aliphatic heterocycles. The number of nitrogens with zero attached hydrogens (tertiary/aromatic N) is 1. The fourth-order valence-electron chi connectivity index (χ4n) is 2.48. The molecule has 2 amide bonds. The topological polar surface area (TPSA) is 86.9 Å². The number of benzene rings is 1. The average Bonchev–Trinajstić information content (AvgIpc) is 2.85. The second kappa shape index (κ2) is 6.60. The number of aromatic nitrogens is 2. The first-order valence-corrected chi connectivity index (χ1v) is 7.38. The van der Waals surface area contributed by atoms with Gasteiger partial charge in [-0.25, -0.2) is 0 Å². The molecule has 0 unspecified atom stereocenters. The van der Waals surface area contributed by atoms with Crippen LogP contribution in [0, 0.1) is 12.8 Å². The molecule has 0 spiro atoms. The van der Waals surface area contributed by atoms with E-state index in [-0.39, 0.29) is 11.8 Å². The Morgan fingerprint density at radius 1 is 1.32 bits per heavy atom. The number of aryl methyl sites for hydroxylation is 1. The Bertz CT molecular complexity index is 691. The van der Waals surface area contributed by atoms with Crippen LogP contribution in [0.2, 0.25) is 0 Å². The van der Waals surface area contributed by atoms with Gasteiger partial charge in [0.05, 0.1) is 11.7 Å². The van der Waals surface area contributed by atoms with E-state index in [0.29, 0.717) is 18.0 Å². The number of anilines is 1. The summed E-state index contributed by atoms with van der Waals surface area (Å²) in [6.45, 7) is 7.42. The van der Waals surface area contributed by atoms with E-state index >= 15 is 0 Å². The molecule has 3 N–H and O–H groups in total. The van der Waals surface area contributed by atoms with Gasteiger partial charge in [0.25, 0.3) is 0 Å². The number of H-pyrrole nitrogens is 1. The number of aromatic amines is 1. The van der Waals surface area contributed by atoms with Gasteiger partial charge >= 0.3 is 0 Å². The maximum absolute atomic E-state index is 12.4. The summed E-state index contributed by atoms with van der Waals surface area (Å²) in [7, 11) is 0. The van der Waals surface area contributed by atoms with E-state index in [1.54, 1.807) is 6.20 Å². The Balaban J connectivity index is 2.17. The third kappa shape index (κ3) is 3.84. The summed E-state index contributed by atoms with van der Waals surface area (Å²) in [6, 6.07) is 3.21. The Morgan fingerprint density at radius 3 is 2.68 bits per heavy atom. The molecule has 0 bridgehead atoms. The highest BCUT2D eigenvalue weighted by Crippen LogP contribution is 2.21. The average molecular weight is 302 g/mol. The van der Waals surface area contributed by atoms with Crippen molar-refractivity contribution in [2.75, 3.05) is 5.32 Å². The highest BCUT2D eigenvalue weighted by molar-refractivity contribution is 5.98. The van der Waals surface area contributed by atoms with Gasteiger partial charge in [-0.1, -0.05) is 13.8 Å². The number of fused-ring (bicyclic) bond motifs is 1. The van der Waals surface area contributed by atoms with Gasteiger partial charge in [0.15, 0.2) is 0 Å². The van der Waals surface area contributed by atoms with E-state index in [1.807, 2.05) is 32.9 Å². The third-order valence-corrected chi connectivity index (χ3v) is 3.43. The Morgan fingerprint density at radius 2 is 2.05 bits per heavy atom. The van der Waals surface area contributed by atoms with Crippen LogP contribution in [0.1, 0.15) is 32.8 Å². The lowest BCUT2D eigenvalue weighted by Gasteiger charge is -2.19. The standard InChI is InChI=1S/C16H22N4O2/c1-9(2)5-15(18-11(4)21)16(22)19-12-6-10(3)13-8-17-20-14(13)7-12/h6-9,15H,5H2,1-4H3,(H,17,20)(H,18,21)(H,19,22)/t15-/m0/s1. The highest BCUT2D eigenvalue weighted by atomic mass is 16.2. The molecule has 0 saturated carbocycles. The van der Waals surface area contributed by atoms with Crippen LogP contribution in [0.5, 0.6) is 0 Å². The molecule has 2 rings (SSSR count). The summed E-state index contributed by atoms with van der Waals surface area (Å²) in [5, 5.41) is 13.5. The first-order chi connectivity index (χ1) is 10.4. The summed E-state index contributed by atoms with van der Waals surface area (Å²) in [4.78, 5) is 23.7. The first kappa shape index (κ1) is 16.0. The van der Waals surface area contributed by atoms with Crippen molar-refractivity contribution in [3.05, 3.63) is 23.9 Å².